The summed E-state index contributed by atoms with van der Waals surface area (Å²) in [4.78, 5) is 32.5. The molecule has 8 heteroatoms. The molecule has 2 heterocycles. The molecule has 1 aromatic heterocycles. The normalized spacial score (nSPS) is 17.6. The minimum atomic E-state index is -0.927. The molecule has 1 aliphatic heterocycles. The molecule has 0 bridgehead atoms. The van der Waals surface area contributed by atoms with Crippen molar-refractivity contribution in [3.05, 3.63) is 99.3 Å². The van der Waals surface area contributed by atoms with Crippen molar-refractivity contribution in [3.8, 4) is 0 Å². The third-order valence-electron chi connectivity index (χ3n) is 5.77. The van der Waals surface area contributed by atoms with Crippen molar-refractivity contribution < 1.29 is 19.1 Å². The van der Waals surface area contributed by atoms with Crippen LogP contribution in [0.2, 0.25) is 5.02 Å². The van der Waals surface area contributed by atoms with Crippen molar-refractivity contribution in [1.29, 1.82) is 0 Å². The number of fused-ring (bicyclic) bond motifs is 1. The summed E-state index contributed by atoms with van der Waals surface area (Å²) in [5, 5.41) is 11.9. The van der Waals surface area contributed by atoms with Crippen LogP contribution in [0.3, 0.4) is 0 Å². The van der Waals surface area contributed by atoms with E-state index in [2.05, 4.69) is 4.98 Å². The van der Waals surface area contributed by atoms with Gasteiger partial charge in [-0.1, -0.05) is 41.1 Å². The number of halogens is 2. The molecule has 0 aliphatic carbocycles. The van der Waals surface area contributed by atoms with E-state index in [1.165, 1.54) is 40.5 Å². The average molecular weight is 493 g/mol. The number of aliphatic hydroxyl groups is 1. The predicted molar refractivity (Wildman–Crippen MR) is 132 cm³/mol. The van der Waals surface area contributed by atoms with Gasteiger partial charge in [0.25, 0.3) is 5.78 Å². The van der Waals surface area contributed by atoms with Gasteiger partial charge in [0.05, 0.1) is 21.8 Å². The maximum Gasteiger partial charge on any atom is 0.301 e. The molecule has 1 aliphatic rings. The van der Waals surface area contributed by atoms with Crippen LogP contribution in [-0.4, -0.2) is 21.8 Å². The summed E-state index contributed by atoms with van der Waals surface area (Å²) < 4.78 is 14.3. The van der Waals surface area contributed by atoms with Crippen LogP contribution in [0.1, 0.15) is 28.3 Å². The molecule has 0 spiro atoms. The van der Waals surface area contributed by atoms with Gasteiger partial charge in [-0.25, -0.2) is 9.37 Å². The first-order valence-electron chi connectivity index (χ1n) is 10.4. The molecule has 0 radical (unpaired) electrons. The number of aromatic nitrogens is 1. The molecule has 1 N–H and O–H groups in total. The highest BCUT2D eigenvalue weighted by molar-refractivity contribution is 7.22. The van der Waals surface area contributed by atoms with E-state index in [-0.39, 0.29) is 16.9 Å². The fraction of sp³-hybridized carbons (Fsp3) is 0.115. The maximum absolute atomic E-state index is 13.4. The van der Waals surface area contributed by atoms with Crippen LogP contribution in [0.15, 0.2) is 66.2 Å². The van der Waals surface area contributed by atoms with Gasteiger partial charge in [-0.15, -0.1) is 0 Å². The molecule has 1 saturated heterocycles. The van der Waals surface area contributed by atoms with E-state index in [1.807, 2.05) is 26.0 Å². The lowest BCUT2D eigenvalue weighted by molar-refractivity contribution is -0.132. The minimum Gasteiger partial charge on any atom is -0.507 e. The molecule has 1 atom stereocenters. The maximum atomic E-state index is 13.4. The van der Waals surface area contributed by atoms with Gasteiger partial charge in [-0.05, 0) is 73.0 Å². The number of benzene rings is 3. The van der Waals surface area contributed by atoms with Crippen molar-refractivity contribution in [2.75, 3.05) is 4.90 Å². The summed E-state index contributed by atoms with van der Waals surface area (Å²) in [7, 11) is 0. The highest BCUT2D eigenvalue weighted by Crippen LogP contribution is 2.44. The molecule has 4 aromatic rings. The van der Waals surface area contributed by atoms with Gasteiger partial charge in [0.2, 0.25) is 0 Å². The SMILES string of the molecule is Cc1cc(C)c2nc(N3C(=O)C(=O)C(=C(O)c4ccc(F)cc4)C3c3ccc(Cl)cc3)sc2c1. The predicted octanol–water partition coefficient (Wildman–Crippen LogP) is 6.33. The van der Waals surface area contributed by atoms with E-state index in [0.29, 0.717) is 15.7 Å². The van der Waals surface area contributed by atoms with Crippen LogP contribution in [0.4, 0.5) is 9.52 Å². The number of nitrogens with zero attached hydrogens (tertiary/aromatic N) is 2. The van der Waals surface area contributed by atoms with Crippen LogP contribution in [0.5, 0.6) is 0 Å². The number of hydrogen-bond donors (Lipinski definition) is 1. The molecular formula is C26H18ClFN2O3S. The fourth-order valence-electron chi connectivity index (χ4n) is 4.22. The van der Waals surface area contributed by atoms with E-state index in [9.17, 15) is 19.1 Å². The van der Waals surface area contributed by atoms with Gasteiger partial charge in [0.1, 0.15) is 11.6 Å². The second-order valence-corrected chi connectivity index (χ2v) is 9.60. The van der Waals surface area contributed by atoms with Crippen molar-refractivity contribution >= 4 is 55.7 Å². The number of carbonyl (C=O) groups is 2. The van der Waals surface area contributed by atoms with Gasteiger partial charge in [0, 0.05) is 10.6 Å². The number of Topliss-reactive ketones (excluding diaryl/α,β-unsaturated/α-hetero) is 1. The van der Waals surface area contributed by atoms with Gasteiger partial charge < -0.3 is 5.11 Å². The number of thiazole rings is 1. The third-order valence-corrected chi connectivity index (χ3v) is 7.03. The quantitative estimate of drug-likeness (QED) is 0.206. The highest BCUT2D eigenvalue weighted by Gasteiger charge is 2.48. The Bertz CT molecular complexity index is 1490. The zero-order valence-corrected chi connectivity index (χ0v) is 19.7. The Balaban J connectivity index is 1.74. The summed E-state index contributed by atoms with van der Waals surface area (Å²) in [5.74, 6) is -2.49. The standard InChI is InChI=1S/C26H18ClFN2O3S/c1-13-11-14(2)21-19(12-13)34-26(29-21)30-22(15-3-7-17(27)8-4-15)20(24(32)25(30)33)23(31)16-5-9-18(28)10-6-16/h3-12,22,31H,1-2H3. The van der Waals surface area contributed by atoms with Crippen LogP contribution in [0.25, 0.3) is 16.0 Å². The van der Waals surface area contributed by atoms with Gasteiger partial charge in [-0.2, -0.15) is 0 Å². The van der Waals surface area contributed by atoms with E-state index >= 15 is 0 Å². The number of ketones is 1. The number of hydrogen-bond acceptors (Lipinski definition) is 5. The number of rotatable bonds is 3. The Morgan fingerprint density at radius 3 is 2.41 bits per heavy atom. The molecule has 1 unspecified atom stereocenters. The molecule has 3 aromatic carbocycles. The lowest BCUT2D eigenvalue weighted by Crippen LogP contribution is -2.29. The molecule has 170 valence electrons. The summed E-state index contributed by atoms with van der Waals surface area (Å²) in [5.41, 5.74) is 3.50. The smallest absolute Gasteiger partial charge is 0.301 e. The van der Waals surface area contributed by atoms with Crippen LogP contribution in [0, 0.1) is 19.7 Å². The molecule has 1 fully saturated rings. The molecule has 34 heavy (non-hydrogen) atoms. The number of carbonyl (C=O) groups excluding carboxylic acids is 2. The van der Waals surface area contributed by atoms with Crippen LogP contribution < -0.4 is 4.90 Å². The second kappa shape index (κ2) is 8.34. The van der Waals surface area contributed by atoms with Crippen molar-refractivity contribution in [2.45, 2.75) is 19.9 Å². The summed E-state index contributed by atoms with van der Waals surface area (Å²) in [6.07, 6.45) is 0. The highest BCUT2D eigenvalue weighted by atomic mass is 35.5. The fourth-order valence-corrected chi connectivity index (χ4v) is 5.51. The average Bonchev–Trinajstić information content (AvgIpc) is 3.33. The molecule has 5 nitrogen and oxygen atoms in total. The summed E-state index contributed by atoms with van der Waals surface area (Å²) >= 11 is 7.37. The van der Waals surface area contributed by atoms with Gasteiger partial charge >= 0.3 is 5.91 Å². The Labute approximate surface area is 203 Å². The Morgan fingerprint density at radius 1 is 1.06 bits per heavy atom. The number of aliphatic hydroxyl groups excluding tert-OH is 1. The Hall–Kier alpha value is -3.55. The first kappa shape index (κ1) is 22.3. The van der Waals surface area contributed by atoms with Crippen molar-refractivity contribution in [3.63, 3.8) is 0 Å². The molecule has 5 rings (SSSR count). The summed E-state index contributed by atoms with van der Waals surface area (Å²) in [6, 6.07) is 14.9. The number of anilines is 1. The lowest BCUT2D eigenvalue weighted by Gasteiger charge is -2.23. The van der Waals surface area contributed by atoms with E-state index in [4.69, 9.17) is 11.6 Å². The number of amides is 1. The summed E-state index contributed by atoms with van der Waals surface area (Å²) in [6.45, 7) is 3.92. The van der Waals surface area contributed by atoms with E-state index < -0.39 is 23.5 Å². The lowest BCUT2D eigenvalue weighted by atomic mass is 9.95. The van der Waals surface area contributed by atoms with Gasteiger partial charge in [-0.3, -0.25) is 14.5 Å². The third kappa shape index (κ3) is 3.67. The zero-order chi connectivity index (χ0) is 24.1. The number of aryl methyl sites for hydroxylation is 2. The first-order valence-corrected chi connectivity index (χ1v) is 11.6. The topological polar surface area (TPSA) is 70.5 Å². The zero-order valence-electron chi connectivity index (χ0n) is 18.2. The first-order chi connectivity index (χ1) is 16.2. The Kier molecular flexibility index (Phi) is 5.46. The van der Waals surface area contributed by atoms with Crippen LogP contribution >= 0.6 is 22.9 Å². The molecule has 0 saturated carbocycles. The minimum absolute atomic E-state index is 0.0916. The second-order valence-electron chi connectivity index (χ2n) is 8.15. The largest absolute Gasteiger partial charge is 0.507 e. The molecule has 1 amide bonds. The van der Waals surface area contributed by atoms with Crippen molar-refractivity contribution in [2.24, 2.45) is 0 Å². The van der Waals surface area contributed by atoms with E-state index in [1.54, 1.807) is 24.3 Å². The van der Waals surface area contributed by atoms with Gasteiger partial charge in [0.15, 0.2) is 5.13 Å². The van der Waals surface area contributed by atoms with E-state index in [0.717, 1.165) is 21.3 Å². The van der Waals surface area contributed by atoms with Crippen molar-refractivity contribution in [1.82, 2.24) is 4.98 Å². The van der Waals surface area contributed by atoms with Crippen LogP contribution in [-0.2, 0) is 9.59 Å². The monoisotopic (exact) mass is 492 g/mol. The Morgan fingerprint density at radius 2 is 1.74 bits per heavy atom. The molecular weight excluding hydrogens is 475 g/mol.